The molecule has 2 rings (SSSR count). The third-order valence-corrected chi connectivity index (χ3v) is 3.38. The summed E-state index contributed by atoms with van der Waals surface area (Å²) in [5.41, 5.74) is 2.30. The van der Waals surface area contributed by atoms with Crippen molar-refractivity contribution >= 4 is 5.91 Å². The molecule has 5 heteroatoms. The zero-order chi connectivity index (χ0) is 13.0. The first-order chi connectivity index (χ1) is 8.70. The third-order valence-electron chi connectivity index (χ3n) is 3.38. The number of carbonyl (C=O) groups is 1. The molecule has 1 amide bonds. The second-order valence-electron chi connectivity index (χ2n) is 4.82. The van der Waals surface area contributed by atoms with Crippen molar-refractivity contribution in [3.8, 4) is 0 Å². The minimum Gasteiger partial charge on any atom is -0.342 e. The van der Waals surface area contributed by atoms with E-state index in [-0.39, 0.29) is 5.91 Å². The highest BCUT2D eigenvalue weighted by Gasteiger charge is 2.17. The van der Waals surface area contributed by atoms with Crippen LogP contribution in [0.4, 0.5) is 0 Å². The van der Waals surface area contributed by atoms with Gasteiger partial charge in [-0.2, -0.15) is 5.10 Å². The molecule has 1 aliphatic rings. The number of aromatic nitrogens is 2. The summed E-state index contributed by atoms with van der Waals surface area (Å²) >= 11 is 0. The summed E-state index contributed by atoms with van der Waals surface area (Å²) in [7, 11) is 1.93. The lowest BCUT2D eigenvalue weighted by Gasteiger charge is -2.15. The Balaban J connectivity index is 1.79. The summed E-state index contributed by atoms with van der Waals surface area (Å²) in [6.07, 6.45) is 5.24. The topological polar surface area (TPSA) is 50.2 Å². The van der Waals surface area contributed by atoms with Crippen molar-refractivity contribution in [2.24, 2.45) is 7.05 Å². The van der Waals surface area contributed by atoms with Gasteiger partial charge in [0.15, 0.2) is 0 Å². The number of likely N-dealkylation sites (tertiary alicyclic amines) is 1. The normalized spacial score (nSPS) is 15.3. The fourth-order valence-corrected chi connectivity index (χ4v) is 2.41. The van der Waals surface area contributed by atoms with Crippen molar-refractivity contribution in [1.29, 1.82) is 0 Å². The first kappa shape index (κ1) is 13.1. The molecule has 1 aromatic heterocycles. The highest BCUT2D eigenvalue weighted by Crippen LogP contribution is 2.08. The summed E-state index contributed by atoms with van der Waals surface area (Å²) < 4.78 is 1.83. The fourth-order valence-electron chi connectivity index (χ4n) is 2.41. The van der Waals surface area contributed by atoms with Crippen molar-refractivity contribution in [1.82, 2.24) is 20.0 Å². The largest absolute Gasteiger partial charge is 0.342 e. The molecule has 1 N–H and O–H groups in total. The molecule has 0 saturated carbocycles. The molecular weight excluding hydrogens is 228 g/mol. The molecule has 0 radical (unpaired) electrons. The van der Waals surface area contributed by atoms with Crippen LogP contribution in [0, 0.1) is 0 Å². The molecule has 18 heavy (non-hydrogen) atoms. The van der Waals surface area contributed by atoms with Crippen LogP contribution in [-0.2, 0) is 24.8 Å². The van der Waals surface area contributed by atoms with Gasteiger partial charge < -0.3 is 10.2 Å². The van der Waals surface area contributed by atoms with Crippen LogP contribution in [0.3, 0.4) is 0 Å². The zero-order valence-electron chi connectivity index (χ0n) is 11.3. The average Bonchev–Trinajstić information content (AvgIpc) is 2.98. The number of amides is 1. The standard InChI is InChI=1S/C13H22N4O/c1-3-12-11(10-16(2)15-12)8-14-9-13(18)17-6-4-5-7-17/h10,14H,3-9H2,1-2H3. The zero-order valence-corrected chi connectivity index (χ0v) is 11.3. The molecule has 1 fully saturated rings. The summed E-state index contributed by atoms with van der Waals surface area (Å²) in [6, 6.07) is 0. The SMILES string of the molecule is CCc1nn(C)cc1CNCC(=O)N1CCCC1. The molecule has 0 spiro atoms. The highest BCUT2D eigenvalue weighted by molar-refractivity contribution is 5.78. The van der Waals surface area contributed by atoms with Gasteiger partial charge in [-0.05, 0) is 19.3 Å². The second kappa shape index (κ2) is 6.00. The van der Waals surface area contributed by atoms with Crippen LogP contribution < -0.4 is 5.32 Å². The van der Waals surface area contributed by atoms with E-state index in [4.69, 9.17) is 0 Å². The van der Waals surface area contributed by atoms with Crippen LogP contribution in [0.5, 0.6) is 0 Å². The smallest absolute Gasteiger partial charge is 0.236 e. The molecule has 0 unspecified atom stereocenters. The third kappa shape index (κ3) is 3.10. The molecule has 0 aromatic carbocycles. The Kier molecular flexibility index (Phi) is 4.36. The van der Waals surface area contributed by atoms with E-state index < -0.39 is 0 Å². The van der Waals surface area contributed by atoms with E-state index in [1.807, 2.05) is 22.8 Å². The number of carbonyl (C=O) groups excluding carboxylic acids is 1. The fraction of sp³-hybridized carbons (Fsp3) is 0.692. The molecular formula is C13H22N4O. The molecule has 2 heterocycles. The maximum atomic E-state index is 11.8. The van der Waals surface area contributed by atoms with E-state index in [0.717, 1.165) is 44.6 Å². The van der Waals surface area contributed by atoms with Crippen molar-refractivity contribution in [2.45, 2.75) is 32.7 Å². The van der Waals surface area contributed by atoms with Gasteiger partial charge in [0.25, 0.3) is 0 Å². The first-order valence-corrected chi connectivity index (χ1v) is 6.70. The van der Waals surface area contributed by atoms with Gasteiger partial charge in [-0.25, -0.2) is 0 Å². The van der Waals surface area contributed by atoms with Gasteiger partial charge in [0.1, 0.15) is 0 Å². The molecule has 0 aliphatic carbocycles. The molecule has 1 aromatic rings. The number of nitrogens with zero attached hydrogens (tertiary/aromatic N) is 3. The molecule has 1 aliphatic heterocycles. The van der Waals surface area contributed by atoms with E-state index in [2.05, 4.69) is 17.3 Å². The Morgan fingerprint density at radius 1 is 1.44 bits per heavy atom. The highest BCUT2D eigenvalue weighted by atomic mass is 16.2. The second-order valence-corrected chi connectivity index (χ2v) is 4.82. The van der Waals surface area contributed by atoms with Gasteiger partial charge in [-0.15, -0.1) is 0 Å². The van der Waals surface area contributed by atoms with Crippen LogP contribution in [0.25, 0.3) is 0 Å². The van der Waals surface area contributed by atoms with Crippen LogP contribution in [0.1, 0.15) is 31.0 Å². The van der Waals surface area contributed by atoms with Crippen LogP contribution in [0.15, 0.2) is 6.20 Å². The Hall–Kier alpha value is -1.36. The molecule has 0 bridgehead atoms. The summed E-state index contributed by atoms with van der Waals surface area (Å²) in [6.45, 7) is 5.09. The Morgan fingerprint density at radius 3 is 2.83 bits per heavy atom. The molecule has 5 nitrogen and oxygen atoms in total. The van der Waals surface area contributed by atoms with Gasteiger partial charge in [-0.1, -0.05) is 6.92 Å². The minimum absolute atomic E-state index is 0.217. The van der Waals surface area contributed by atoms with E-state index in [1.54, 1.807) is 0 Å². The van der Waals surface area contributed by atoms with Crippen LogP contribution in [0.2, 0.25) is 0 Å². The Labute approximate surface area is 108 Å². The van der Waals surface area contributed by atoms with E-state index in [9.17, 15) is 4.79 Å². The summed E-state index contributed by atoms with van der Waals surface area (Å²) in [5.74, 6) is 0.217. The van der Waals surface area contributed by atoms with Gasteiger partial charge in [0, 0.05) is 38.4 Å². The van der Waals surface area contributed by atoms with Gasteiger partial charge >= 0.3 is 0 Å². The number of rotatable bonds is 5. The van der Waals surface area contributed by atoms with E-state index >= 15 is 0 Å². The number of hydrogen-bond acceptors (Lipinski definition) is 3. The molecule has 0 atom stereocenters. The average molecular weight is 250 g/mol. The van der Waals surface area contributed by atoms with Gasteiger partial charge in [-0.3, -0.25) is 9.48 Å². The Morgan fingerprint density at radius 2 is 2.17 bits per heavy atom. The number of nitrogens with one attached hydrogen (secondary N) is 1. The number of hydrogen-bond donors (Lipinski definition) is 1. The summed E-state index contributed by atoms with van der Waals surface area (Å²) in [5, 5.41) is 7.61. The van der Waals surface area contributed by atoms with Crippen LogP contribution in [-0.4, -0.2) is 40.2 Å². The predicted octanol–water partition coefficient (Wildman–Crippen LogP) is 0.694. The molecule has 100 valence electrons. The quantitative estimate of drug-likeness (QED) is 0.836. The maximum absolute atomic E-state index is 11.8. The monoisotopic (exact) mass is 250 g/mol. The minimum atomic E-state index is 0.217. The van der Waals surface area contributed by atoms with Crippen LogP contribution >= 0.6 is 0 Å². The van der Waals surface area contributed by atoms with Gasteiger partial charge in [0.05, 0.1) is 12.2 Å². The predicted molar refractivity (Wildman–Crippen MR) is 70.1 cm³/mol. The van der Waals surface area contributed by atoms with Crippen molar-refractivity contribution in [2.75, 3.05) is 19.6 Å². The van der Waals surface area contributed by atoms with Crippen molar-refractivity contribution in [3.63, 3.8) is 0 Å². The van der Waals surface area contributed by atoms with E-state index in [0.29, 0.717) is 6.54 Å². The maximum Gasteiger partial charge on any atom is 0.236 e. The van der Waals surface area contributed by atoms with E-state index in [1.165, 1.54) is 5.56 Å². The van der Waals surface area contributed by atoms with Crippen molar-refractivity contribution < 1.29 is 4.79 Å². The van der Waals surface area contributed by atoms with Crippen molar-refractivity contribution in [3.05, 3.63) is 17.5 Å². The first-order valence-electron chi connectivity index (χ1n) is 6.70. The lowest BCUT2D eigenvalue weighted by molar-refractivity contribution is -0.129. The summed E-state index contributed by atoms with van der Waals surface area (Å²) in [4.78, 5) is 13.8. The Bertz CT molecular complexity index is 407. The molecule has 1 saturated heterocycles. The lowest BCUT2D eigenvalue weighted by atomic mass is 10.2. The number of aryl methyl sites for hydroxylation is 2. The van der Waals surface area contributed by atoms with Gasteiger partial charge in [0.2, 0.25) is 5.91 Å². The lowest BCUT2D eigenvalue weighted by Crippen LogP contribution is -2.36.